The monoisotopic (exact) mass is 306 g/mol. The van der Waals surface area contributed by atoms with Gasteiger partial charge in [0.05, 0.1) is 6.04 Å². The quantitative estimate of drug-likeness (QED) is 0.731. The SMILES string of the molecule is CNC(=O)NC(=O)[C@H](C)N(C)Cc1ccc(C(=O)NC)cc1. The van der Waals surface area contributed by atoms with Crippen molar-refractivity contribution < 1.29 is 14.4 Å². The number of likely N-dealkylation sites (N-methyl/N-ethyl adjacent to an activating group) is 1. The van der Waals surface area contributed by atoms with Crippen LogP contribution in [0.2, 0.25) is 0 Å². The maximum atomic E-state index is 11.9. The first-order valence-corrected chi connectivity index (χ1v) is 6.92. The van der Waals surface area contributed by atoms with Crippen molar-refractivity contribution in [2.24, 2.45) is 0 Å². The maximum absolute atomic E-state index is 11.9. The van der Waals surface area contributed by atoms with Crippen LogP contribution in [0.15, 0.2) is 24.3 Å². The van der Waals surface area contributed by atoms with Gasteiger partial charge >= 0.3 is 6.03 Å². The lowest BCUT2D eigenvalue weighted by atomic mass is 10.1. The molecule has 0 bridgehead atoms. The second kappa shape index (κ2) is 8.14. The number of carbonyl (C=O) groups excluding carboxylic acids is 3. The molecule has 1 aromatic rings. The topological polar surface area (TPSA) is 90.5 Å². The van der Waals surface area contributed by atoms with Crippen molar-refractivity contribution in [1.29, 1.82) is 0 Å². The lowest BCUT2D eigenvalue weighted by Gasteiger charge is -2.23. The fourth-order valence-electron chi connectivity index (χ4n) is 1.81. The summed E-state index contributed by atoms with van der Waals surface area (Å²) in [4.78, 5) is 36.3. The van der Waals surface area contributed by atoms with Gasteiger partial charge in [0.2, 0.25) is 5.91 Å². The molecular formula is C15H22N4O3. The van der Waals surface area contributed by atoms with Crippen LogP contribution < -0.4 is 16.0 Å². The highest BCUT2D eigenvalue weighted by atomic mass is 16.2. The molecule has 0 aliphatic rings. The van der Waals surface area contributed by atoms with Crippen LogP contribution in [0.4, 0.5) is 4.79 Å². The first-order chi connectivity index (χ1) is 10.4. The van der Waals surface area contributed by atoms with Crippen molar-refractivity contribution in [3.8, 4) is 0 Å². The van der Waals surface area contributed by atoms with Crippen LogP contribution in [-0.4, -0.2) is 49.9 Å². The predicted octanol–water partition coefficient (Wildman–Crippen LogP) is 0.322. The number of imide groups is 1. The van der Waals surface area contributed by atoms with E-state index in [2.05, 4.69) is 16.0 Å². The molecule has 3 N–H and O–H groups in total. The molecule has 7 heteroatoms. The molecule has 0 spiro atoms. The van der Waals surface area contributed by atoms with Gasteiger partial charge in [-0.25, -0.2) is 4.79 Å². The summed E-state index contributed by atoms with van der Waals surface area (Å²) in [5, 5.41) is 7.14. The van der Waals surface area contributed by atoms with Crippen LogP contribution in [0.1, 0.15) is 22.8 Å². The van der Waals surface area contributed by atoms with Crippen LogP contribution in [0.5, 0.6) is 0 Å². The van der Waals surface area contributed by atoms with Gasteiger partial charge in [-0.1, -0.05) is 12.1 Å². The van der Waals surface area contributed by atoms with E-state index in [1.165, 1.54) is 7.05 Å². The van der Waals surface area contributed by atoms with Gasteiger partial charge in [-0.2, -0.15) is 0 Å². The summed E-state index contributed by atoms with van der Waals surface area (Å²) in [6.45, 7) is 2.24. The van der Waals surface area contributed by atoms with Gasteiger partial charge in [0, 0.05) is 26.2 Å². The Kier molecular flexibility index (Phi) is 6.52. The highest BCUT2D eigenvalue weighted by Crippen LogP contribution is 2.09. The number of nitrogens with one attached hydrogen (secondary N) is 3. The Labute approximate surface area is 130 Å². The summed E-state index contributed by atoms with van der Waals surface area (Å²) < 4.78 is 0. The van der Waals surface area contributed by atoms with E-state index in [0.717, 1.165) is 5.56 Å². The molecule has 7 nitrogen and oxygen atoms in total. The molecule has 1 atom stereocenters. The number of urea groups is 1. The molecule has 22 heavy (non-hydrogen) atoms. The van der Waals surface area contributed by atoms with E-state index >= 15 is 0 Å². The molecular weight excluding hydrogens is 284 g/mol. The second-order valence-corrected chi connectivity index (χ2v) is 4.94. The van der Waals surface area contributed by atoms with Gasteiger partial charge in [-0.3, -0.25) is 19.8 Å². The van der Waals surface area contributed by atoms with Crippen LogP contribution in [-0.2, 0) is 11.3 Å². The normalized spacial score (nSPS) is 11.7. The van der Waals surface area contributed by atoms with Gasteiger partial charge in [-0.05, 0) is 31.7 Å². The number of amides is 4. The van der Waals surface area contributed by atoms with E-state index in [9.17, 15) is 14.4 Å². The minimum atomic E-state index is -0.528. The summed E-state index contributed by atoms with van der Waals surface area (Å²) in [7, 11) is 4.82. The summed E-state index contributed by atoms with van der Waals surface area (Å²) >= 11 is 0. The summed E-state index contributed by atoms with van der Waals surface area (Å²) in [5.41, 5.74) is 1.55. The standard InChI is InChI=1S/C15H22N4O3/c1-10(13(20)18-15(22)17-3)19(4)9-11-5-7-12(8-6-11)14(21)16-2/h5-8,10H,9H2,1-4H3,(H,16,21)(H2,17,18,20,22)/t10-/m0/s1. The molecule has 0 heterocycles. The summed E-state index contributed by atoms with van der Waals surface area (Å²) in [6, 6.07) is 6.15. The molecule has 0 aliphatic carbocycles. The third-order valence-corrected chi connectivity index (χ3v) is 3.38. The number of nitrogens with zero attached hydrogens (tertiary/aromatic N) is 1. The first-order valence-electron chi connectivity index (χ1n) is 6.92. The first kappa shape index (κ1) is 17.6. The summed E-state index contributed by atoms with van der Waals surface area (Å²) in [5.74, 6) is -0.512. The molecule has 1 rings (SSSR count). The van der Waals surface area contributed by atoms with E-state index in [0.29, 0.717) is 12.1 Å². The molecule has 120 valence electrons. The van der Waals surface area contributed by atoms with Crippen molar-refractivity contribution in [2.45, 2.75) is 19.5 Å². The highest BCUT2D eigenvalue weighted by molar-refractivity contribution is 5.96. The summed E-state index contributed by atoms with van der Waals surface area (Å²) in [6.07, 6.45) is 0. The van der Waals surface area contributed by atoms with Crippen LogP contribution in [0, 0.1) is 0 Å². The lowest BCUT2D eigenvalue weighted by Crippen LogP contribution is -2.47. The molecule has 0 saturated heterocycles. The van der Waals surface area contributed by atoms with E-state index in [1.807, 2.05) is 17.0 Å². The number of rotatable bonds is 5. The molecule has 0 aliphatic heterocycles. The fraction of sp³-hybridized carbons (Fsp3) is 0.400. The fourth-order valence-corrected chi connectivity index (χ4v) is 1.81. The maximum Gasteiger partial charge on any atom is 0.321 e. The van der Waals surface area contributed by atoms with Gasteiger partial charge in [-0.15, -0.1) is 0 Å². The van der Waals surface area contributed by atoms with E-state index < -0.39 is 12.1 Å². The van der Waals surface area contributed by atoms with Gasteiger partial charge < -0.3 is 10.6 Å². The Hall–Kier alpha value is -2.41. The highest BCUT2D eigenvalue weighted by Gasteiger charge is 2.19. The number of hydrogen-bond donors (Lipinski definition) is 3. The average molecular weight is 306 g/mol. The average Bonchev–Trinajstić information content (AvgIpc) is 2.53. The smallest absolute Gasteiger partial charge is 0.321 e. The van der Waals surface area contributed by atoms with Crippen LogP contribution in [0.25, 0.3) is 0 Å². The Morgan fingerprint density at radius 1 is 1.09 bits per heavy atom. The molecule has 1 aromatic carbocycles. The van der Waals surface area contributed by atoms with E-state index in [4.69, 9.17) is 0 Å². The van der Waals surface area contributed by atoms with E-state index in [1.54, 1.807) is 33.2 Å². The third-order valence-electron chi connectivity index (χ3n) is 3.38. The molecule has 0 fully saturated rings. The van der Waals surface area contributed by atoms with Crippen molar-refractivity contribution in [3.05, 3.63) is 35.4 Å². The van der Waals surface area contributed by atoms with Gasteiger partial charge in [0.1, 0.15) is 0 Å². The molecule has 0 saturated carbocycles. The lowest BCUT2D eigenvalue weighted by molar-refractivity contribution is -0.124. The Bertz CT molecular complexity index is 542. The molecule has 0 radical (unpaired) electrons. The van der Waals surface area contributed by atoms with Crippen LogP contribution >= 0.6 is 0 Å². The van der Waals surface area contributed by atoms with E-state index in [-0.39, 0.29) is 11.8 Å². The minimum absolute atomic E-state index is 0.141. The van der Waals surface area contributed by atoms with Gasteiger partial charge in [0.15, 0.2) is 0 Å². The Morgan fingerprint density at radius 3 is 2.18 bits per heavy atom. The number of benzene rings is 1. The van der Waals surface area contributed by atoms with Crippen molar-refractivity contribution >= 4 is 17.8 Å². The number of hydrogen-bond acceptors (Lipinski definition) is 4. The van der Waals surface area contributed by atoms with Crippen molar-refractivity contribution in [3.63, 3.8) is 0 Å². The minimum Gasteiger partial charge on any atom is -0.355 e. The van der Waals surface area contributed by atoms with Crippen molar-refractivity contribution in [2.75, 3.05) is 21.1 Å². The number of carbonyl (C=O) groups is 3. The second-order valence-electron chi connectivity index (χ2n) is 4.94. The zero-order valence-corrected chi connectivity index (χ0v) is 13.3. The molecule has 0 unspecified atom stereocenters. The Morgan fingerprint density at radius 2 is 1.68 bits per heavy atom. The van der Waals surface area contributed by atoms with Crippen LogP contribution in [0.3, 0.4) is 0 Å². The molecule has 4 amide bonds. The van der Waals surface area contributed by atoms with Gasteiger partial charge in [0.25, 0.3) is 5.91 Å². The largest absolute Gasteiger partial charge is 0.355 e. The zero-order chi connectivity index (χ0) is 16.7. The third kappa shape index (κ3) is 4.85. The molecule has 0 aromatic heterocycles. The predicted molar refractivity (Wildman–Crippen MR) is 83.4 cm³/mol. The zero-order valence-electron chi connectivity index (χ0n) is 13.3. The Balaban J connectivity index is 2.63. The van der Waals surface area contributed by atoms with Crippen molar-refractivity contribution in [1.82, 2.24) is 20.9 Å².